The van der Waals surface area contributed by atoms with E-state index in [1.54, 1.807) is 4.31 Å². The zero-order valence-corrected chi connectivity index (χ0v) is 12.4. The SMILES string of the molecule is CC(C)C1CCN(S(=O)(=O)CC2CCCCN2)C1. The molecule has 2 unspecified atom stereocenters. The van der Waals surface area contributed by atoms with Crippen molar-refractivity contribution in [2.45, 2.75) is 45.6 Å². The van der Waals surface area contributed by atoms with E-state index in [1.807, 2.05) is 0 Å². The zero-order valence-electron chi connectivity index (χ0n) is 11.6. The van der Waals surface area contributed by atoms with Crippen molar-refractivity contribution in [3.05, 3.63) is 0 Å². The van der Waals surface area contributed by atoms with Gasteiger partial charge in [-0.3, -0.25) is 0 Å². The second kappa shape index (κ2) is 5.88. The quantitative estimate of drug-likeness (QED) is 0.844. The summed E-state index contributed by atoms with van der Waals surface area (Å²) in [5.74, 6) is 1.41. The summed E-state index contributed by atoms with van der Waals surface area (Å²) in [6.07, 6.45) is 4.35. The van der Waals surface area contributed by atoms with Crippen molar-refractivity contribution in [2.75, 3.05) is 25.4 Å². The second-order valence-electron chi connectivity index (χ2n) is 6.08. The highest BCUT2D eigenvalue weighted by Gasteiger charge is 2.34. The molecule has 0 radical (unpaired) electrons. The van der Waals surface area contributed by atoms with Crippen molar-refractivity contribution in [2.24, 2.45) is 11.8 Å². The maximum absolute atomic E-state index is 12.4. The number of hydrogen-bond donors (Lipinski definition) is 1. The lowest BCUT2D eigenvalue weighted by molar-refractivity contribution is 0.381. The van der Waals surface area contributed by atoms with E-state index in [1.165, 1.54) is 6.42 Å². The van der Waals surface area contributed by atoms with Gasteiger partial charge in [0.1, 0.15) is 0 Å². The van der Waals surface area contributed by atoms with Crippen LogP contribution in [0.25, 0.3) is 0 Å². The van der Waals surface area contributed by atoms with Crippen LogP contribution in [0.15, 0.2) is 0 Å². The van der Waals surface area contributed by atoms with Crippen LogP contribution in [-0.4, -0.2) is 44.2 Å². The van der Waals surface area contributed by atoms with Crippen LogP contribution >= 0.6 is 0 Å². The first-order valence-corrected chi connectivity index (χ1v) is 8.81. The van der Waals surface area contributed by atoms with Gasteiger partial charge in [0.2, 0.25) is 10.0 Å². The minimum Gasteiger partial charge on any atom is -0.313 e. The Morgan fingerprint density at radius 1 is 1.28 bits per heavy atom. The number of nitrogens with one attached hydrogen (secondary N) is 1. The average molecular weight is 274 g/mol. The van der Waals surface area contributed by atoms with E-state index in [2.05, 4.69) is 19.2 Å². The van der Waals surface area contributed by atoms with Gasteiger partial charge in [0.05, 0.1) is 5.75 Å². The number of hydrogen-bond acceptors (Lipinski definition) is 3. The Morgan fingerprint density at radius 2 is 2.06 bits per heavy atom. The van der Waals surface area contributed by atoms with Crippen LogP contribution in [0.2, 0.25) is 0 Å². The molecular weight excluding hydrogens is 248 g/mol. The molecule has 2 heterocycles. The Kier molecular flexibility index (Phi) is 4.67. The lowest BCUT2D eigenvalue weighted by Gasteiger charge is -2.26. The van der Waals surface area contributed by atoms with Gasteiger partial charge < -0.3 is 5.32 Å². The molecule has 2 atom stereocenters. The maximum atomic E-state index is 12.4. The predicted molar refractivity (Wildman–Crippen MR) is 73.9 cm³/mol. The van der Waals surface area contributed by atoms with Crippen LogP contribution in [0.3, 0.4) is 0 Å². The van der Waals surface area contributed by atoms with Crippen LogP contribution in [-0.2, 0) is 10.0 Å². The Morgan fingerprint density at radius 3 is 2.61 bits per heavy atom. The highest BCUT2D eigenvalue weighted by atomic mass is 32.2. The summed E-state index contributed by atoms with van der Waals surface area (Å²) in [6.45, 7) is 6.78. The van der Waals surface area contributed by atoms with Crippen LogP contribution < -0.4 is 5.32 Å². The lowest BCUT2D eigenvalue weighted by Crippen LogP contribution is -2.43. The molecule has 2 fully saturated rings. The molecule has 2 rings (SSSR count). The Bertz CT molecular complexity index is 361. The fraction of sp³-hybridized carbons (Fsp3) is 1.00. The van der Waals surface area contributed by atoms with Gasteiger partial charge in [-0.2, -0.15) is 0 Å². The van der Waals surface area contributed by atoms with Crippen LogP contribution in [0, 0.1) is 11.8 Å². The number of piperidine rings is 1. The summed E-state index contributed by atoms with van der Waals surface area (Å²) in [5, 5.41) is 3.33. The molecule has 0 saturated carbocycles. The molecule has 0 aromatic rings. The molecule has 1 N–H and O–H groups in total. The molecule has 0 spiro atoms. The van der Waals surface area contributed by atoms with Crippen molar-refractivity contribution in [1.82, 2.24) is 9.62 Å². The third-order valence-corrected chi connectivity index (χ3v) is 6.29. The summed E-state index contributed by atoms with van der Waals surface area (Å²) < 4.78 is 26.4. The predicted octanol–water partition coefficient (Wildman–Crippen LogP) is 1.44. The minimum absolute atomic E-state index is 0.168. The van der Waals surface area contributed by atoms with E-state index in [0.717, 1.165) is 38.9 Å². The largest absolute Gasteiger partial charge is 0.313 e. The first-order chi connectivity index (χ1) is 8.49. The monoisotopic (exact) mass is 274 g/mol. The van der Waals surface area contributed by atoms with Gasteiger partial charge in [-0.15, -0.1) is 0 Å². The fourth-order valence-electron chi connectivity index (χ4n) is 2.98. The van der Waals surface area contributed by atoms with Gasteiger partial charge in [-0.1, -0.05) is 20.3 Å². The highest BCUT2D eigenvalue weighted by Crippen LogP contribution is 2.26. The summed E-state index contributed by atoms with van der Waals surface area (Å²) in [7, 11) is -3.06. The second-order valence-corrected chi connectivity index (χ2v) is 8.09. The van der Waals surface area contributed by atoms with Crippen molar-refractivity contribution in [3.8, 4) is 0 Å². The van der Waals surface area contributed by atoms with E-state index in [9.17, 15) is 8.42 Å². The van der Waals surface area contributed by atoms with Crippen LogP contribution in [0.1, 0.15) is 39.5 Å². The summed E-state index contributed by atoms with van der Waals surface area (Å²) in [5.41, 5.74) is 0. The summed E-state index contributed by atoms with van der Waals surface area (Å²) in [4.78, 5) is 0. The normalized spacial score (nSPS) is 31.1. The standard InChI is InChI=1S/C13H26N2O2S/c1-11(2)12-6-8-15(9-12)18(16,17)10-13-5-3-4-7-14-13/h11-14H,3-10H2,1-2H3. The molecule has 0 amide bonds. The smallest absolute Gasteiger partial charge is 0.215 e. The van der Waals surface area contributed by atoms with Crippen LogP contribution in [0.5, 0.6) is 0 Å². The third kappa shape index (κ3) is 3.45. The molecule has 0 aromatic carbocycles. The Hall–Kier alpha value is -0.130. The van der Waals surface area contributed by atoms with Crippen molar-refractivity contribution in [3.63, 3.8) is 0 Å². The van der Waals surface area contributed by atoms with Gasteiger partial charge in [-0.05, 0) is 37.6 Å². The van der Waals surface area contributed by atoms with Gasteiger partial charge in [0, 0.05) is 19.1 Å². The van der Waals surface area contributed by atoms with E-state index < -0.39 is 10.0 Å². The molecule has 18 heavy (non-hydrogen) atoms. The summed E-state index contributed by atoms with van der Waals surface area (Å²) in [6, 6.07) is 0.168. The first-order valence-electron chi connectivity index (χ1n) is 7.20. The maximum Gasteiger partial charge on any atom is 0.215 e. The number of rotatable bonds is 4. The van der Waals surface area contributed by atoms with Crippen LogP contribution in [0.4, 0.5) is 0 Å². The minimum atomic E-state index is -3.06. The number of nitrogens with zero attached hydrogens (tertiary/aromatic N) is 1. The molecule has 0 aromatic heterocycles. The van der Waals surface area contributed by atoms with Gasteiger partial charge in [-0.25, -0.2) is 12.7 Å². The Balaban J connectivity index is 1.90. The molecule has 0 bridgehead atoms. The molecule has 5 heteroatoms. The molecule has 106 valence electrons. The molecular formula is C13H26N2O2S. The van der Waals surface area contributed by atoms with E-state index in [4.69, 9.17) is 0 Å². The Labute approximate surface area is 111 Å². The van der Waals surface area contributed by atoms with Crippen molar-refractivity contribution < 1.29 is 8.42 Å². The molecule has 0 aliphatic carbocycles. The van der Waals surface area contributed by atoms with Crippen molar-refractivity contribution in [1.29, 1.82) is 0 Å². The van der Waals surface area contributed by atoms with Crippen molar-refractivity contribution >= 4 is 10.0 Å². The third-order valence-electron chi connectivity index (χ3n) is 4.35. The molecule has 2 saturated heterocycles. The fourth-order valence-corrected chi connectivity index (χ4v) is 4.78. The lowest BCUT2D eigenvalue weighted by atomic mass is 9.96. The first kappa shape index (κ1) is 14.3. The zero-order chi connectivity index (χ0) is 13.2. The molecule has 2 aliphatic heterocycles. The topological polar surface area (TPSA) is 49.4 Å². The summed E-state index contributed by atoms with van der Waals surface area (Å²) >= 11 is 0. The van der Waals surface area contributed by atoms with Gasteiger partial charge in [0.15, 0.2) is 0 Å². The van der Waals surface area contributed by atoms with E-state index in [0.29, 0.717) is 11.8 Å². The molecule has 4 nitrogen and oxygen atoms in total. The average Bonchev–Trinajstić information content (AvgIpc) is 2.79. The molecule has 2 aliphatic rings. The number of sulfonamides is 1. The van der Waals surface area contributed by atoms with E-state index in [-0.39, 0.29) is 11.8 Å². The highest BCUT2D eigenvalue weighted by molar-refractivity contribution is 7.89. The van der Waals surface area contributed by atoms with Gasteiger partial charge in [0.25, 0.3) is 0 Å². The van der Waals surface area contributed by atoms with E-state index >= 15 is 0 Å². The van der Waals surface area contributed by atoms with Gasteiger partial charge >= 0.3 is 0 Å².